The highest BCUT2D eigenvalue weighted by Gasteiger charge is 2.26. The van der Waals surface area contributed by atoms with E-state index in [-0.39, 0.29) is 5.88 Å². The number of nitrogens with zero attached hydrogens (tertiary/aromatic N) is 3. The second kappa shape index (κ2) is 5.85. The quantitative estimate of drug-likeness (QED) is 0.934. The van der Waals surface area contributed by atoms with E-state index in [1.165, 1.54) is 6.07 Å². The Morgan fingerprint density at radius 3 is 2.57 bits per heavy atom. The molecule has 1 aromatic heterocycles. The number of para-hydroxylation sites is 1. The molecule has 1 aliphatic heterocycles. The molecule has 0 aliphatic carbocycles. The summed E-state index contributed by atoms with van der Waals surface area (Å²) in [4.78, 5) is 4.14. The number of rotatable bonds is 3. The standard InChI is InChI=1S/C16H16F2N4O/c1-4-14-20-12-8-15(19-9-13(12)22(14)21(2)3)23-16-10(17)6-5-7-11(16)18/h4-9,20H,1-3H3/b14-4-. The fourth-order valence-corrected chi connectivity index (χ4v) is 2.38. The van der Waals surface area contributed by atoms with Gasteiger partial charge in [0, 0.05) is 20.2 Å². The van der Waals surface area contributed by atoms with Crippen LogP contribution in [0.2, 0.25) is 0 Å². The van der Waals surface area contributed by atoms with Crippen LogP contribution >= 0.6 is 0 Å². The fraction of sp³-hybridized carbons (Fsp3) is 0.188. The summed E-state index contributed by atoms with van der Waals surface area (Å²) in [6, 6.07) is 5.15. The number of hydrazine groups is 1. The predicted molar refractivity (Wildman–Crippen MR) is 84.2 cm³/mol. The third kappa shape index (κ3) is 2.70. The number of allylic oxidation sites excluding steroid dienone is 1. The number of pyridine rings is 1. The van der Waals surface area contributed by atoms with Gasteiger partial charge in [0.05, 0.1) is 11.9 Å². The van der Waals surface area contributed by atoms with Gasteiger partial charge in [0.2, 0.25) is 11.6 Å². The SMILES string of the molecule is C/C=C1/Nc2cc(Oc3c(F)cccc3F)ncc2N1N(C)C. The van der Waals surface area contributed by atoms with Crippen LogP contribution in [0.5, 0.6) is 11.6 Å². The van der Waals surface area contributed by atoms with Crippen LogP contribution in [0.3, 0.4) is 0 Å². The number of nitrogens with one attached hydrogen (secondary N) is 1. The monoisotopic (exact) mass is 318 g/mol. The van der Waals surface area contributed by atoms with Crippen LogP contribution in [-0.2, 0) is 0 Å². The molecule has 0 bridgehead atoms. The number of aromatic nitrogens is 1. The zero-order chi connectivity index (χ0) is 16.6. The van der Waals surface area contributed by atoms with Gasteiger partial charge in [-0.05, 0) is 25.1 Å². The molecule has 120 valence electrons. The molecular weight excluding hydrogens is 302 g/mol. The van der Waals surface area contributed by atoms with Crippen LogP contribution in [-0.4, -0.2) is 24.1 Å². The third-order valence-corrected chi connectivity index (χ3v) is 3.38. The number of hydrogen-bond acceptors (Lipinski definition) is 5. The molecular formula is C16H16F2N4O. The summed E-state index contributed by atoms with van der Waals surface area (Å²) in [5, 5.41) is 7.03. The van der Waals surface area contributed by atoms with Crippen molar-refractivity contribution in [3.63, 3.8) is 0 Å². The number of hydrogen-bond donors (Lipinski definition) is 1. The van der Waals surface area contributed by atoms with Gasteiger partial charge in [0.1, 0.15) is 11.5 Å². The zero-order valence-corrected chi connectivity index (χ0v) is 13.0. The van der Waals surface area contributed by atoms with Gasteiger partial charge >= 0.3 is 0 Å². The van der Waals surface area contributed by atoms with Gasteiger partial charge in [-0.1, -0.05) is 6.07 Å². The maximum atomic E-state index is 13.7. The van der Waals surface area contributed by atoms with Crippen molar-refractivity contribution >= 4 is 11.4 Å². The Morgan fingerprint density at radius 1 is 1.26 bits per heavy atom. The van der Waals surface area contributed by atoms with E-state index in [1.807, 2.05) is 37.1 Å². The largest absolute Gasteiger partial charge is 0.433 e. The van der Waals surface area contributed by atoms with Crippen molar-refractivity contribution in [3.05, 3.63) is 54.0 Å². The normalized spacial score (nSPS) is 15.0. The molecule has 0 saturated carbocycles. The van der Waals surface area contributed by atoms with Crippen LogP contribution in [0.1, 0.15) is 6.92 Å². The number of anilines is 2. The van der Waals surface area contributed by atoms with E-state index in [9.17, 15) is 8.78 Å². The zero-order valence-electron chi connectivity index (χ0n) is 13.0. The van der Waals surface area contributed by atoms with Crippen molar-refractivity contribution in [2.45, 2.75) is 6.92 Å². The van der Waals surface area contributed by atoms with Crippen LogP contribution in [0, 0.1) is 11.6 Å². The van der Waals surface area contributed by atoms with Crippen LogP contribution in [0.4, 0.5) is 20.2 Å². The van der Waals surface area contributed by atoms with Gasteiger partial charge in [0.25, 0.3) is 0 Å². The molecule has 0 atom stereocenters. The van der Waals surface area contributed by atoms with Gasteiger partial charge in [0.15, 0.2) is 11.6 Å². The summed E-state index contributed by atoms with van der Waals surface area (Å²) in [5.74, 6) is -1.04. The molecule has 7 heteroatoms. The number of benzene rings is 1. The number of fused-ring (bicyclic) bond motifs is 1. The summed E-state index contributed by atoms with van der Waals surface area (Å²) in [7, 11) is 3.80. The predicted octanol–water partition coefficient (Wildman–Crippen LogP) is 3.72. The Morgan fingerprint density at radius 2 is 1.96 bits per heavy atom. The number of ether oxygens (including phenoxy) is 1. The molecule has 23 heavy (non-hydrogen) atoms. The Balaban J connectivity index is 1.94. The lowest BCUT2D eigenvalue weighted by Gasteiger charge is -2.26. The van der Waals surface area contributed by atoms with Crippen molar-refractivity contribution in [1.29, 1.82) is 0 Å². The average molecular weight is 318 g/mol. The second-order valence-electron chi connectivity index (χ2n) is 5.15. The molecule has 1 aromatic carbocycles. The minimum Gasteiger partial charge on any atom is -0.433 e. The molecule has 5 nitrogen and oxygen atoms in total. The first-order valence-corrected chi connectivity index (χ1v) is 7.04. The Bertz CT molecular complexity index is 756. The third-order valence-electron chi connectivity index (χ3n) is 3.38. The van der Waals surface area contributed by atoms with E-state index < -0.39 is 17.4 Å². The Kier molecular flexibility index (Phi) is 3.87. The molecule has 0 spiro atoms. The van der Waals surface area contributed by atoms with Gasteiger partial charge in [-0.15, -0.1) is 0 Å². The smallest absolute Gasteiger partial charge is 0.221 e. The van der Waals surface area contributed by atoms with Crippen molar-refractivity contribution in [2.75, 3.05) is 24.4 Å². The number of halogens is 2. The highest BCUT2D eigenvalue weighted by atomic mass is 19.1. The van der Waals surface area contributed by atoms with Gasteiger partial charge < -0.3 is 10.1 Å². The molecule has 0 amide bonds. The summed E-state index contributed by atoms with van der Waals surface area (Å²) in [6.07, 6.45) is 3.50. The minimum absolute atomic E-state index is 0.108. The van der Waals surface area contributed by atoms with E-state index in [0.29, 0.717) is 0 Å². The highest BCUT2D eigenvalue weighted by Crippen LogP contribution is 2.39. The summed E-state index contributed by atoms with van der Waals surface area (Å²) in [5.41, 5.74) is 1.57. The molecule has 1 N–H and O–H groups in total. The summed E-state index contributed by atoms with van der Waals surface area (Å²) in [6.45, 7) is 1.91. The molecule has 3 rings (SSSR count). The lowest BCUT2D eigenvalue weighted by Crippen LogP contribution is -2.34. The van der Waals surface area contributed by atoms with E-state index in [0.717, 1.165) is 29.3 Å². The Hall–Kier alpha value is -2.67. The average Bonchev–Trinajstić information content (AvgIpc) is 2.89. The van der Waals surface area contributed by atoms with E-state index in [1.54, 1.807) is 12.3 Å². The van der Waals surface area contributed by atoms with Gasteiger partial charge in [-0.2, -0.15) is 0 Å². The molecule has 0 unspecified atom stereocenters. The van der Waals surface area contributed by atoms with Crippen LogP contribution in [0.15, 0.2) is 42.4 Å². The molecule has 2 heterocycles. The molecule has 0 fully saturated rings. The minimum atomic E-state index is -0.774. The first-order chi connectivity index (χ1) is 11.0. The first kappa shape index (κ1) is 15.2. The topological polar surface area (TPSA) is 40.6 Å². The highest BCUT2D eigenvalue weighted by molar-refractivity contribution is 5.80. The van der Waals surface area contributed by atoms with E-state index in [2.05, 4.69) is 10.3 Å². The van der Waals surface area contributed by atoms with Crippen molar-refractivity contribution in [1.82, 2.24) is 9.99 Å². The van der Waals surface area contributed by atoms with Crippen LogP contribution < -0.4 is 15.1 Å². The van der Waals surface area contributed by atoms with Crippen LogP contribution in [0.25, 0.3) is 0 Å². The van der Waals surface area contributed by atoms with Gasteiger partial charge in [-0.25, -0.2) is 18.8 Å². The fourth-order valence-electron chi connectivity index (χ4n) is 2.38. The molecule has 1 aliphatic rings. The van der Waals surface area contributed by atoms with Crippen molar-refractivity contribution < 1.29 is 13.5 Å². The molecule has 2 aromatic rings. The summed E-state index contributed by atoms with van der Waals surface area (Å²) >= 11 is 0. The first-order valence-electron chi connectivity index (χ1n) is 7.04. The Labute approximate surface area is 132 Å². The van der Waals surface area contributed by atoms with E-state index in [4.69, 9.17) is 4.74 Å². The second-order valence-corrected chi connectivity index (χ2v) is 5.15. The van der Waals surface area contributed by atoms with Crippen molar-refractivity contribution in [3.8, 4) is 11.6 Å². The molecule has 0 radical (unpaired) electrons. The summed E-state index contributed by atoms with van der Waals surface area (Å²) < 4.78 is 32.6. The lowest BCUT2D eigenvalue weighted by molar-refractivity contribution is 0.394. The van der Waals surface area contributed by atoms with E-state index >= 15 is 0 Å². The van der Waals surface area contributed by atoms with Crippen molar-refractivity contribution in [2.24, 2.45) is 0 Å². The maximum absolute atomic E-state index is 13.7. The molecule has 0 saturated heterocycles. The maximum Gasteiger partial charge on any atom is 0.221 e. The lowest BCUT2D eigenvalue weighted by atomic mass is 10.3. The van der Waals surface area contributed by atoms with Gasteiger partial charge in [-0.3, -0.25) is 5.01 Å².